The molecule has 4 aromatic rings. The van der Waals surface area contributed by atoms with Gasteiger partial charge in [0, 0.05) is 49.4 Å². The van der Waals surface area contributed by atoms with Crippen molar-refractivity contribution in [1.29, 1.82) is 0 Å². The first kappa shape index (κ1) is 26.1. The Balaban J connectivity index is 1.50. The molecule has 2 amide bonds. The maximum Gasteiger partial charge on any atom is 0.256 e. The van der Waals surface area contributed by atoms with Gasteiger partial charge in [0.15, 0.2) is 0 Å². The minimum Gasteiger partial charge on any atom is -0.382 e. The summed E-state index contributed by atoms with van der Waals surface area (Å²) in [7, 11) is 1.60. The van der Waals surface area contributed by atoms with Gasteiger partial charge in [0.2, 0.25) is 5.91 Å². The summed E-state index contributed by atoms with van der Waals surface area (Å²) in [4.78, 5) is 41.3. The van der Waals surface area contributed by atoms with Crippen LogP contribution in [0.3, 0.4) is 0 Å². The van der Waals surface area contributed by atoms with Crippen LogP contribution in [-0.2, 0) is 9.53 Å². The summed E-state index contributed by atoms with van der Waals surface area (Å²) in [6.07, 6.45) is 12.2. The lowest BCUT2D eigenvalue weighted by Crippen LogP contribution is -2.34. The first-order valence-corrected chi connectivity index (χ1v) is 13.0. The number of benzene rings is 1. The number of nitrogens with zero attached hydrogens (tertiary/aromatic N) is 5. The van der Waals surface area contributed by atoms with E-state index in [0.29, 0.717) is 41.6 Å². The topological polar surface area (TPSA) is 128 Å². The Hall–Kier alpha value is -4.57. The Bertz CT molecular complexity index is 1480. The van der Waals surface area contributed by atoms with Gasteiger partial charge in [-0.05, 0) is 37.1 Å². The van der Waals surface area contributed by atoms with Crippen LogP contribution in [0.5, 0.6) is 0 Å². The van der Waals surface area contributed by atoms with Crippen molar-refractivity contribution in [3.63, 3.8) is 0 Å². The van der Waals surface area contributed by atoms with E-state index in [-0.39, 0.29) is 17.9 Å². The average molecular weight is 526 g/mol. The van der Waals surface area contributed by atoms with Crippen molar-refractivity contribution in [2.75, 3.05) is 31.3 Å². The van der Waals surface area contributed by atoms with Crippen LogP contribution in [0.25, 0.3) is 16.8 Å². The Morgan fingerprint density at radius 2 is 1.95 bits per heavy atom. The number of fused-ring (bicyclic) bond motifs is 1. The van der Waals surface area contributed by atoms with Gasteiger partial charge in [-0.15, -0.1) is 0 Å². The number of rotatable bonds is 7. The lowest BCUT2D eigenvalue weighted by Gasteiger charge is -2.28. The average Bonchev–Trinajstić information content (AvgIpc) is 3.18. The van der Waals surface area contributed by atoms with Crippen molar-refractivity contribution >= 4 is 29.0 Å². The molecule has 10 heteroatoms. The molecular formula is C29H31N7O3. The molecule has 39 heavy (non-hydrogen) atoms. The van der Waals surface area contributed by atoms with Crippen molar-refractivity contribution in [3.05, 3.63) is 84.6 Å². The number of nitrogens with two attached hydrogens (primary N) is 1. The zero-order chi connectivity index (χ0) is 27.2. The predicted octanol–water partition coefficient (Wildman–Crippen LogP) is 4.27. The maximum atomic E-state index is 13.2. The summed E-state index contributed by atoms with van der Waals surface area (Å²) >= 11 is 0. The fourth-order valence-electron chi connectivity index (χ4n) is 4.91. The molecule has 200 valence electrons. The SMILES string of the molecule is COC/C=C/C(=O)N1CCCCC[C@H]1c1nc(-c2ccc(C(=O)Nc3ccccn3)cc2)c2c(N)nccn12. The summed E-state index contributed by atoms with van der Waals surface area (Å²) < 4.78 is 7.01. The minimum absolute atomic E-state index is 0.0671. The first-order chi connectivity index (χ1) is 19.1. The van der Waals surface area contributed by atoms with E-state index < -0.39 is 0 Å². The number of hydrogen-bond donors (Lipinski definition) is 2. The summed E-state index contributed by atoms with van der Waals surface area (Å²) in [5.41, 5.74) is 8.96. The number of carbonyl (C=O) groups excluding carboxylic acids is 2. The van der Waals surface area contributed by atoms with Crippen LogP contribution in [0.4, 0.5) is 11.6 Å². The second kappa shape index (κ2) is 11.9. The highest BCUT2D eigenvalue weighted by Crippen LogP contribution is 2.35. The molecule has 1 atom stereocenters. The molecule has 0 spiro atoms. The highest BCUT2D eigenvalue weighted by molar-refractivity contribution is 6.04. The number of amides is 2. The van der Waals surface area contributed by atoms with E-state index in [0.717, 1.165) is 37.1 Å². The van der Waals surface area contributed by atoms with E-state index in [9.17, 15) is 9.59 Å². The van der Waals surface area contributed by atoms with Crippen molar-refractivity contribution in [3.8, 4) is 11.3 Å². The Morgan fingerprint density at radius 1 is 1.10 bits per heavy atom. The van der Waals surface area contributed by atoms with Gasteiger partial charge in [-0.25, -0.2) is 15.0 Å². The normalized spacial score (nSPS) is 15.9. The van der Waals surface area contributed by atoms with Crippen LogP contribution in [0, 0.1) is 0 Å². The molecule has 4 heterocycles. The molecule has 1 saturated heterocycles. The molecule has 1 aliphatic heterocycles. The standard InChI is InChI=1S/C29H31N7O3/c1-39-19-7-10-24(37)35-17-6-2-3-8-22(35)28-34-25(26-27(30)32-16-18-36(26)28)20-11-13-21(14-12-20)29(38)33-23-9-4-5-15-31-23/h4-5,7,9-16,18,22H,2-3,6,8,17,19H2,1H3,(H2,30,32)(H,31,33,38)/b10-7+/t22-/m0/s1. The third-order valence-corrected chi connectivity index (χ3v) is 6.79. The number of carbonyl (C=O) groups is 2. The Labute approximate surface area is 226 Å². The summed E-state index contributed by atoms with van der Waals surface area (Å²) in [5.74, 6) is 1.24. The maximum absolute atomic E-state index is 13.2. The number of aromatic nitrogens is 4. The summed E-state index contributed by atoms with van der Waals surface area (Å²) in [6.45, 7) is 1.02. The van der Waals surface area contributed by atoms with Crippen LogP contribution in [0.15, 0.2) is 73.2 Å². The molecule has 0 radical (unpaired) electrons. The predicted molar refractivity (Wildman–Crippen MR) is 149 cm³/mol. The van der Waals surface area contributed by atoms with Crippen molar-refractivity contribution in [2.45, 2.75) is 31.7 Å². The monoisotopic (exact) mass is 525 g/mol. The number of ether oxygens (including phenoxy) is 1. The third kappa shape index (κ3) is 5.65. The van der Waals surface area contributed by atoms with E-state index in [1.807, 2.05) is 33.7 Å². The fourth-order valence-corrected chi connectivity index (χ4v) is 4.91. The number of anilines is 2. The smallest absolute Gasteiger partial charge is 0.256 e. The molecule has 1 aliphatic rings. The molecule has 3 aromatic heterocycles. The highest BCUT2D eigenvalue weighted by Gasteiger charge is 2.30. The molecule has 0 aliphatic carbocycles. The van der Waals surface area contributed by atoms with Gasteiger partial charge in [0.1, 0.15) is 28.7 Å². The second-order valence-corrected chi connectivity index (χ2v) is 9.35. The van der Waals surface area contributed by atoms with Gasteiger partial charge in [-0.2, -0.15) is 0 Å². The number of pyridine rings is 1. The first-order valence-electron chi connectivity index (χ1n) is 13.0. The van der Waals surface area contributed by atoms with E-state index in [4.69, 9.17) is 15.5 Å². The molecule has 10 nitrogen and oxygen atoms in total. The van der Waals surface area contributed by atoms with Gasteiger partial charge in [0.05, 0.1) is 12.6 Å². The largest absolute Gasteiger partial charge is 0.382 e. The number of likely N-dealkylation sites (tertiary alicyclic amines) is 1. The summed E-state index contributed by atoms with van der Waals surface area (Å²) in [5, 5.41) is 2.79. The van der Waals surface area contributed by atoms with E-state index in [1.165, 1.54) is 0 Å². The van der Waals surface area contributed by atoms with Crippen LogP contribution >= 0.6 is 0 Å². The number of methoxy groups -OCH3 is 1. The van der Waals surface area contributed by atoms with Gasteiger partial charge < -0.3 is 20.7 Å². The summed E-state index contributed by atoms with van der Waals surface area (Å²) in [6, 6.07) is 12.3. The molecule has 0 unspecified atom stereocenters. The van der Waals surface area contributed by atoms with Crippen LogP contribution < -0.4 is 11.1 Å². The van der Waals surface area contributed by atoms with Crippen molar-refractivity contribution in [2.24, 2.45) is 0 Å². The Kier molecular flexibility index (Phi) is 7.93. The lowest BCUT2D eigenvalue weighted by molar-refractivity contribution is -0.128. The van der Waals surface area contributed by atoms with Crippen LogP contribution in [-0.4, -0.2) is 56.3 Å². The number of nitrogen functional groups attached to an aromatic ring is 1. The van der Waals surface area contributed by atoms with Gasteiger partial charge in [-0.1, -0.05) is 37.1 Å². The van der Waals surface area contributed by atoms with Crippen molar-refractivity contribution in [1.82, 2.24) is 24.3 Å². The molecule has 1 aromatic carbocycles. The quantitative estimate of drug-likeness (QED) is 0.345. The second-order valence-electron chi connectivity index (χ2n) is 9.35. The van der Waals surface area contributed by atoms with Crippen LogP contribution in [0.2, 0.25) is 0 Å². The number of hydrogen-bond acceptors (Lipinski definition) is 7. The van der Waals surface area contributed by atoms with E-state index in [1.54, 1.807) is 55.9 Å². The highest BCUT2D eigenvalue weighted by atomic mass is 16.5. The Morgan fingerprint density at radius 3 is 2.72 bits per heavy atom. The minimum atomic E-state index is -0.258. The molecular weight excluding hydrogens is 494 g/mol. The number of imidazole rings is 1. The van der Waals surface area contributed by atoms with Gasteiger partial charge in [-0.3, -0.25) is 14.0 Å². The lowest BCUT2D eigenvalue weighted by atomic mass is 10.1. The van der Waals surface area contributed by atoms with Gasteiger partial charge in [0.25, 0.3) is 5.91 Å². The third-order valence-electron chi connectivity index (χ3n) is 6.79. The molecule has 1 fully saturated rings. The van der Waals surface area contributed by atoms with Crippen molar-refractivity contribution < 1.29 is 14.3 Å². The molecule has 5 rings (SSSR count). The number of nitrogens with one attached hydrogen (secondary N) is 1. The van der Waals surface area contributed by atoms with Gasteiger partial charge >= 0.3 is 0 Å². The zero-order valence-corrected chi connectivity index (χ0v) is 21.8. The fraction of sp³-hybridized carbons (Fsp3) is 0.276. The molecule has 3 N–H and O–H groups in total. The van der Waals surface area contributed by atoms with E-state index in [2.05, 4.69) is 15.3 Å². The zero-order valence-electron chi connectivity index (χ0n) is 21.8. The van der Waals surface area contributed by atoms with E-state index >= 15 is 0 Å². The van der Waals surface area contributed by atoms with Crippen LogP contribution in [0.1, 0.15) is 47.9 Å². The molecule has 0 saturated carbocycles. The molecule has 0 bridgehead atoms.